The minimum absolute atomic E-state index is 0.0648. The van der Waals surface area contributed by atoms with Gasteiger partial charge in [-0.1, -0.05) is 17.7 Å². The van der Waals surface area contributed by atoms with E-state index in [9.17, 15) is 15.2 Å². The molecule has 0 aromatic heterocycles. The van der Waals surface area contributed by atoms with Crippen LogP contribution in [0.3, 0.4) is 0 Å². The van der Waals surface area contributed by atoms with Gasteiger partial charge in [-0.25, -0.2) is 0 Å². The number of nitro groups is 1. The van der Waals surface area contributed by atoms with Crippen molar-refractivity contribution in [3.8, 4) is 5.75 Å². The zero-order valence-electron chi connectivity index (χ0n) is 10.8. The Kier molecular flexibility index (Phi) is 3.95. The fourth-order valence-corrected chi connectivity index (χ4v) is 1.56. The van der Waals surface area contributed by atoms with Crippen molar-refractivity contribution in [2.75, 3.05) is 5.43 Å². The van der Waals surface area contributed by atoms with Crippen LogP contribution >= 0.6 is 0 Å². The van der Waals surface area contributed by atoms with Gasteiger partial charge in [-0.05, 0) is 25.1 Å². The average molecular weight is 271 g/mol. The van der Waals surface area contributed by atoms with Crippen molar-refractivity contribution in [3.05, 3.63) is 63.7 Å². The molecule has 0 radical (unpaired) electrons. The van der Waals surface area contributed by atoms with Crippen LogP contribution in [0, 0.1) is 17.0 Å². The first-order chi connectivity index (χ1) is 9.56. The van der Waals surface area contributed by atoms with Gasteiger partial charge in [0, 0.05) is 17.7 Å². The molecule has 20 heavy (non-hydrogen) atoms. The highest BCUT2D eigenvalue weighted by atomic mass is 16.6. The maximum absolute atomic E-state index is 10.7. The van der Waals surface area contributed by atoms with E-state index < -0.39 is 4.92 Å². The average Bonchev–Trinajstić information content (AvgIpc) is 2.43. The summed E-state index contributed by atoms with van der Waals surface area (Å²) in [6.07, 6.45) is 1.34. The molecule has 2 N–H and O–H groups in total. The Labute approximate surface area is 115 Å². The molecule has 0 amide bonds. The molecule has 0 atom stereocenters. The molecule has 0 heterocycles. The van der Waals surface area contributed by atoms with Gasteiger partial charge in [0.1, 0.15) is 5.75 Å². The molecule has 0 fully saturated rings. The summed E-state index contributed by atoms with van der Waals surface area (Å²) >= 11 is 0. The van der Waals surface area contributed by atoms with Gasteiger partial charge >= 0.3 is 0 Å². The second-order valence-corrected chi connectivity index (χ2v) is 4.24. The van der Waals surface area contributed by atoms with E-state index in [0.717, 1.165) is 11.3 Å². The first kappa shape index (κ1) is 13.5. The third kappa shape index (κ3) is 3.32. The highest BCUT2D eigenvalue weighted by Gasteiger charge is 2.08. The first-order valence-corrected chi connectivity index (χ1v) is 5.89. The third-order valence-corrected chi connectivity index (χ3v) is 2.67. The minimum Gasteiger partial charge on any atom is -0.507 e. The molecule has 0 aliphatic heterocycles. The van der Waals surface area contributed by atoms with E-state index in [-0.39, 0.29) is 17.0 Å². The lowest BCUT2D eigenvalue weighted by atomic mass is 10.2. The topological polar surface area (TPSA) is 87.8 Å². The highest BCUT2D eigenvalue weighted by Crippen LogP contribution is 2.21. The van der Waals surface area contributed by atoms with Crippen LogP contribution in [0.1, 0.15) is 11.1 Å². The Morgan fingerprint density at radius 2 is 1.95 bits per heavy atom. The predicted octanol–water partition coefficient (Wildman–Crippen LogP) is 3.05. The van der Waals surface area contributed by atoms with Crippen LogP contribution in [0.4, 0.5) is 11.4 Å². The van der Waals surface area contributed by atoms with Crippen molar-refractivity contribution in [1.82, 2.24) is 0 Å². The zero-order valence-corrected chi connectivity index (χ0v) is 10.8. The van der Waals surface area contributed by atoms with E-state index in [4.69, 9.17) is 0 Å². The van der Waals surface area contributed by atoms with Crippen LogP contribution in [0.25, 0.3) is 0 Å². The summed E-state index contributed by atoms with van der Waals surface area (Å²) in [5.41, 5.74) is 4.89. The summed E-state index contributed by atoms with van der Waals surface area (Å²) < 4.78 is 0. The summed E-state index contributed by atoms with van der Waals surface area (Å²) in [5, 5.41) is 24.2. The first-order valence-electron chi connectivity index (χ1n) is 5.89. The summed E-state index contributed by atoms with van der Waals surface area (Å²) in [6, 6.07) is 11.4. The molecule has 0 unspecified atom stereocenters. The van der Waals surface area contributed by atoms with Crippen LogP contribution in [0.5, 0.6) is 5.75 Å². The van der Waals surface area contributed by atoms with Crippen molar-refractivity contribution in [2.45, 2.75) is 6.92 Å². The van der Waals surface area contributed by atoms with Crippen LogP contribution in [0.15, 0.2) is 47.6 Å². The summed E-state index contributed by atoms with van der Waals surface area (Å²) in [6.45, 7) is 1.98. The molecule has 0 spiro atoms. The Bertz CT molecular complexity index is 651. The SMILES string of the molecule is Cc1ccc(N/N=C\c2cc([N+](=O)[O-])ccc2O)cc1. The van der Waals surface area contributed by atoms with Gasteiger partial charge in [-0.15, -0.1) is 0 Å². The molecular formula is C14H13N3O3. The Morgan fingerprint density at radius 3 is 2.60 bits per heavy atom. The third-order valence-electron chi connectivity index (χ3n) is 2.67. The molecule has 2 aromatic carbocycles. The number of hydrazone groups is 1. The van der Waals surface area contributed by atoms with E-state index in [0.29, 0.717) is 0 Å². The maximum Gasteiger partial charge on any atom is 0.270 e. The molecule has 0 bridgehead atoms. The number of benzene rings is 2. The number of rotatable bonds is 4. The lowest BCUT2D eigenvalue weighted by Crippen LogP contribution is -1.93. The molecule has 6 nitrogen and oxygen atoms in total. The normalized spacial score (nSPS) is 10.7. The van der Waals surface area contributed by atoms with Gasteiger partial charge in [0.05, 0.1) is 16.8 Å². The number of hydrogen-bond acceptors (Lipinski definition) is 5. The van der Waals surface area contributed by atoms with Gasteiger partial charge in [0.2, 0.25) is 0 Å². The predicted molar refractivity (Wildman–Crippen MR) is 77.2 cm³/mol. The fourth-order valence-electron chi connectivity index (χ4n) is 1.56. The van der Waals surface area contributed by atoms with Crippen molar-refractivity contribution >= 4 is 17.6 Å². The van der Waals surface area contributed by atoms with Crippen LogP contribution < -0.4 is 5.43 Å². The molecule has 6 heteroatoms. The van der Waals surface area contributed by atoms with Crippen LogP contribution in [-0.2, 0) is 0 Å². The largest absolute Gasteiger partial charge is 0.507 e. The number of hydrogen-bond donors (Lipinski definition) is 2. The standard InChI is InChI=1S/C14H13N3O3/c1-10-2-4-12(5-3-10)16-15-9-11-8-13(17(19)20)6-7-14(11)18/h2-9,16,18H,1H3/b15-9-. The van der Waals surface area contributed by atoms with E-state index in [1.165, 1.54) is 24.4 Å². The van der Waals surface area contributed by atoms with Crippen molar-refractivity contribution in [1.29, 1.82) is 0 Å². The molecule has 0 saturated carbocycles. The quantitative estimate of drug-likeness (QED) is 0.508. The molecule has 102 valence electrons. The number of phenols is 1. The van der Waals surface area contributed by atoms with Gasteiger partial charge in [0.15, 0.2) is 0 Å². The van der Waals surface area contributed by atoms with Crippen LogP contribution in [-0.4, -0.2) is 16.2 Å². The molecule has 2 rings (SSSR count). The lowest BCUT2D eigenvalue weighted by molar-refractivity contribution is -0.384. The highest BCUT2D eigenvalue weighted by molar-refractivity contribution is 5.84. The Hall–Kier alpha value is -2.89. The van der Waals surface area contributed by atoms with Crippen molar-refractivity contribution < 1.29 is 10.0 Å². The number of nitro benzene ring substituents is 1. The number of nitrogens with zero attached hydrogens (tertiary/aromatic N) is 2. The smallest absolute Gasteiger partial charge is 0.270 e. The monoisotopic (exact) mass is 271 g/mol. The summed E-state index contributed by atoms with van der Waals surface area (Å²) in [5.74, 6) is -0.0648. The molecule has 2 aromatic rings. The number of non-ortho nitro benzene ring substituents is 1. The van der Waals surface area contributed by atoms with Gasteiger partial charge in [0.25, 0.3) is 5.69 Å². The second kappa shape index (κ2) is 5.83. The molecular weight excluding hydrogens is 258 g/mol. The van der Waals surface area contributed by atoms with Crippen LogP contribution in [0.2, 0.25) is 0 Å². The Morgan fingerprint density at radius 1 is 1.25 bits per heavy atom. The fraction of sp³-hybridized carbons (Fsp3) is 0.0714. The van der Waals surface area contributed by atoms with Crippen molar-refractivity contribution in [2.24, 2.45) is 5.10 Å². The van der Waals surface area contributed by atoms with E-state index >= 15 is 0 Å². The molecule has 0 aliphatic carbocycles. The van der Waals surface area contributed by atoms with E-state index in [2.05, 4.69) is 10.5 Å². The number of nitrogens with one attached hydrogen (secondary N) is 1. The molecule has 0 saturated heterocycles. The maximum atomic E-state index is 10.7. The van der Waals surface area contributed by atoms with Gasteiger partial charge < -0.3 is 5.11 Å². The lowest BCUT2D eigenvalue weighted by Gasteiger charge is -2.01. The summed E-state index contributed by atoms with van der Waals surface area (Å²) in [4.78, 5) is 10.1. The van der Waals surface area contributed by atoms with E-state index in [1.54, 1.807) is 0 Å². The Balaban J connectivity index is 2.12. The number of phenolic OH excluding ortho intramolecular Hbond substituents is 1. The molecule has 0 aliphatic rings. The van der Waals surface area contributed by atoms with Gasteiger partial charge in [-0.3, -0.25) is 15.5 Å². The number of aromatic hydroxyl groups is 1. The number of aryl methyl sites for hydroxylation is 1. The van der Waals surface area contributed by atoms with Gasteiger partial charge in [-0.2, -0.15) is 5.10 Å². The van der Waals surface area contributed by atoms with E-state index in [1.807, 2.05) is 31.2 Å². The summed E-state index contributed by atoms with van der Waals surface area (Å²) in [7, 11) is 0. The zero-order chi connectivity index (χ0) is 14.5. The number of anilines is 1. The van der Waals surface area contributed by atoms with Crippen molar-refractivity contribution in [3.63, 3.8) is 0 Å². The second-order valence-electron chi connectivity index (χ2n) is 4.24. The minimum atomic E-state index is -0.524.